The van der Waals surface area contributed by atoms with Gasteiger partial charge >= 0.3 is 0 Å². The normalized spacial score (nSPS) is 17.5. The van der Waals surface area contributed by atoms with Gasteiger partial charge in [-0.15, -0.1) is 0 Å². The Morgan fingerprint density at radius 2 is 2.08 bits per heavy atom. The SMILES string of the molecule is CC(C)(C)c1n[c]cc(C2CC2)n1. The van der Waals surface area contributed by atoms with Gasteiger partial charge in [-0.05, 0) is 18.9 Å². The zero-order valence-corrected chi connectivity index (χ0v) is 8.46. The van der Waals surface area contributed by atoms with Gasteiger partial charge in [-0.2, -0.15) is 0 Å². The summed E-state index contributed by atoms with van der Waals surface area (Å²) in [5.41, 5.74) is 1.22. The molecule has 1 aromatic rings. The standard InChI is InChI=1S/C11H15N2/c1-11(2,3)10-12-7-6-9(13-10)8-4-5-8/h6,8H,4-5H2,1-3H3. The number of nitrogens with zero attached hydrogens (tertiary/aromatic N) is 2. The summed E-state index contributed by atoms with van der Waals surface area (Å²) >= 11 is 0. The first-order valence-corrected chi connectivity index (χ1v) is 4.83. The summed E-state index contributed by atoms with van der Waals surface area (Å²) in [7, 11) is 0. The summed E-state index contributed by atoms with van der Waals surface area (Å²) in [6.07, 6.45) is 5.52. The highest BCUT2D eigenvalue weighted by Gasteiger charge is 2.26. The van der Waals surface area contributed by atoms with Crippen molar-refractivity contribution in [3.8, 4) is 0 Å². The third-order valence-electron chi connectivity index (χ3n) is 2.28. The Kier molecular flexibility index (Phi) is 1.86. The first-order chi connectivity index (χ1) is 6.07. The predicted octanol–water partition coefficient (Wildman–Crippen LogP) is 2.45. The molecule has 0 saturated heterocycles. The lowest BCUT2D eigenvalue weighted by atomic mass is 9.95. The van der Waals surface area contributed by atoms with Crippen LogP contribution in [0.25, 0.3) is 0 Å². The van der Waals surface area contributed by atoms with Crippen LogP contribution in [0.4, 0.5) is 0 Å². The lowest BCUT2D eigenvalue weighted by Gasteiger charge is -2.16. The molecule has 0 N–H and O–H groups in total. The molecule has 0 spiro atoms. The Morgan fingerprint density at radius 1 is 1.38 bits per heavy atom. The Bertz CT molecular complexity index is 308. The van der Waals surface area contributed by atoms with Crippen LogP contribution < -0.4 is 0 Å². The van der Waals surface area contributed by atoms with Crippen molar-refractivity contribution < 1.29 is 0 Å². The predicted molar refractivity (Wildman–Crippen MR) is 51.5 cm³/mol. The summed E-state index contributed by atoms with van der Waals surface area (Å²) in [6, 6.07) is 1.92. The number of hydrogen-bond acceptors (Lipinski definition) is 2. The zero-order valence-electron chi connectivity index (χ0n) is 8.46. The molecular formula is C11H15N2. The fourth-order valence-corrected chi connectivity index (χ4v) is 1.26. The van der Waals surface area contributed by atoms with Gasteiger partial charge in [0.15, 0.2) is 0 Å². The second kappa shape index (κ2) is 2.79. The van der Waals surface area contributed by atoms with Crippen molar-refractivity contribution in [1.29, 1.82) is 0 Å². The van der Waals surface area contributed by atoms with E-state index >= 15 is 0 Å². The van der Waals surface area contributed by atoms with E-state index in [0.29, 0.717) is 5.92 Å². The topological polar surface area (TPSA) is 25.8 Å². The number of hydrogen-bond donors (Lipinski definition) is 0. The molecule has 1 aliphatic carbocycles. The van der Waals surface area contributed by atoms with Crippen LogP contribution in [0.3, 0.4) is 0 Å². The molecule has 13 heavy (non-hydrogen) atoms. The van der Waals surface area contributed by atoms with E-state index in [1.54, 1.807) is 0 Å². The van der Waals surface area contributed by atoms with Crippen molar-refractivity contribution in [2.24, 2.45) is 0 Å². The van der Waals surface area contributed by atoms with Gasteiger partial charge < -0.3 is 0 Å². The fourth-order valence-electron chi connectivity index (χ4n) is 1.26. The maximum absolute atomic E-state index is 4.56. The van der Waals surface area contributed by atoms with E-state index in [1.165, 1.54) is 18.5 Å². The highest BCUT2D eigenvalue weighted by Crippen LogP contribution is 2.39. The van der Waals surface area contributed by atoms with Crippen LogP contribution >= 0.6 is 0 Å². The quantitative estimate of drug-likeness (QED) is 0.655. The minimum absolute atomic E-state index is 0.0431. The number of rotatable bonds is 1. The minimum Gasteiger partial charge on any atom is -0.237 e. The van der Waals surface area contributed by atoms with E-state index in [-0.39, 0.29) is 5.41 Å². The molecule has 0 aliphatic heterocycles. The van der Waals surface area contributed by atoms with Crippen LogP contribution in [-0.4, -0.2) is 9.97 Å². The first kappa shape index (κ1) is 8.67. The van der Waals surface area contributed by atoms with Crippen LogP contribution in [0.2, 0.25) is 0 Å². The molecule has 1 aromatic heterocycles. The Balaban J connectivity index is 2.32. The smallest absolute Gasteiger partial charge is 0.134 e. The number of aromatic nitrogens is 2. The monoisotopic (exact) mass is 175 g/mol. The van der Waals surface area contributed by atoms with E-state index in [9.17, 15) is 0 Å². The van der Waals surface area contributed by atoms with Crippen LogP contribution in [0.15, 0.2) is 6.07 Å². The van der Waals surface area contributed by atoms with Crippen molar-refractivity contribution in [3.63, 3.8) is 0 Å². The van der Waals surface area contributed by atoms with Crippen molar-refractivity contribution >= 4 is 0 Å². The van der Waals surface area contributed by atoms with E-state index < -0.39 is 0 Å². The Hall–Kier alpha value is -0.920. The Labute approximate surface area is 79.4 Å². The lowest BCUT2D eigenvalue weighted by molar-refractivity contribution is 0.540. The van der Waals surface area contributed by atoms with Gasteiger partial charge in [-0.3, -0.25) is 0 Å². The lowest BCUT2D eigenvalue weighted by Crippen LogP contribution is -2.16. The summed E-state index contributed by atoms with van der Waals surface area (Å²) in [4.78, 5) is 8.75. The highest BCUT2D eigenvalue weighted by atomic mass is 14.9. The van der Waals surface area contributed by atoms with Crippen LogP contribution in [0, 0.1) is 6.20 Å². The maximum Gasteiger partial charge on any atom is 0.134 e. The van der Waals surface area contributed by atoms with Crippen molar-refractivity contribution in [2.45, 2.75) is 44.9 Å². The largest absolute Gasteiger partial charge is 0.237 e. The van der Waals surface area contributed by atoms with Gasteiger partial charge in [0.25, 0.3) is 0 Å². The van der Waals surface area contributed by atoms with Crippen LogP contribution in [0.1, 0.15) is 51.0 Å². The van der Waals surface area contributed by atoms with Crippen molar-refractivity contribution in [1.82, 2.24) is 9.97 Å². The Morgan fingerprint density at radius 3 is 2.62 bits per heavy atom. The molecule has 1 fully saturated rings. The van der Waals surface area contributed by atoms with E-state index in [4.69, 9.17) is 0 Å². The van der Waals surface area contributed by atoms with Crippen molar-refractivity contribution in [2.75, 3.05) is 0 Å². The van der Waals surface area contributed by atoms with Gasteiger partial charge in [-0.1, -0.05) is 20.8 Å². The van der Waals surface area contributed by atoms with Gasteiger partial charge in [0.1, 0.15) is 5.82 Å². The first-order valence-electron chi connectivity index (χ1n) is 4.83. The van der Waals surface area contributed by atoms with Gasteiger partial charge in [-0.25, -0.2) is 9.97 Å². The molecule has 0 unspecified atom stereocenters. The molecule has 1 radical (unpaired) electrons. The molecule has 1 aliphatic rings. The van der Waals surface area contributed by atoms with Gasteiger partial charge in [0.05, 0.1) is 6.20 Å². The van der Waals surface area contributed by atoms with Gasteiger partial charge in [0.2, 0.25) is 0 Å². The molecule has 0 atom stereocenters. The summed E-state index contributed by atoms with van der Waals surface area (Å²) in [5.74, 6) is 1.61. The van der Waals surface area contributed by atoms with Crippen LogP contribution in [0.5, 0.6) is 0 Å². The van der Waals surface area contributed by atoms with Crippen LogP contribution in [-0.2, 0) is 5.41 Å². The molecule has 2 rings (SSSR count). The van der Waals surface area contributed by atoms with Gasteiger partial charge in [0, 0.05) is 17.0 Å². The summed E-state index contributed by atoms with van der Waals surface area (Å²) in [6.45, 7) is 6.40. The third-order valence-corrected chi connectivity index (χ3v) is 2.28. The molecule has 0 aromatic carbocycles. The minimum atomic E-state index is 0.0431. The molecule has 1 heterocycles. The molecule has 0 amide bonds. The fraction of sp³-hybridized carbons (Fsp3) is 0.636. The molecular weight excluding hydrogens is 160 g/mol. The van der Waals surface area contributed by atoms with Crippen molar-refractivity contribution in [3.05, 3.63) is 23.8 Å². The van der Waals surface area contributed by atoms with E-state index in [1.807, 2.05) is 6.07 Å². The molecule has 0 bridgehead atoms. The molecule has 69 valence electrons. The third kappa shape index (κ3) is 1.87. The van der Waals surface area contributed by atoms with E-state index in [2.05, 4.69) is 36.9 Å². The highest BCUT2D eigenvalue weighted by molar-refractivity contribution is 5.15. The van der Waals surface area contributed by atoms with E-state index in [0.717, 1.165) is 5.82 Å². The molecule has 2 heteroatoms. The summed E-state index contributed by atoms with van der Waals surface area (Å²) in [5, 5.41) is 0. The maximum atomic E-state index is 4.56. The second-order valence-corrected chi connectivity index (χ2v) is 4.77. The zero-order chi connectivity index (χ0) is 9.47. The average Bonchev–Trinajstić information content (AvgIpc) is 2.85. The molecule has 1 saturated carbocycles. The average molecular weight is 175 g/mol. The second-order valence-electron chi connectivity index (χ2n) is 4.77. The summed E-state index contributed by atoms with van der Waals surface area (Å²) < 4.78 is 0. The molecule has 2 nitrogen and oxygen atoms in total.